The van der Waals surface area contributed by atoms with E-state index in [1.165, 1.54) is 5.56 Å². The van der Waals surface area contributed by atoms with Crippen LogP contribution in [0.4, 0.5) is 16.2 Å². The van der Waals surface area contributed by atoms with Gasteiger partial charge in [-0.2, -0.15) is 0 Å². The van der Waals surface area contributed by atoms with Crippen LogP contribution in [0.25, 0.3) is 0 Å². The lowest BCUT2D eigenvalue weighted by Crippen LogP contribution is -2.45. The summed E-state index contributed by atoms with van der Waals surface area (Å²) in [5.41, 5.74) is 2.94. The molecule has 0 saturated carbocycles. The molecule has 25 heavy (non-hydrogen) atoms. The van der Waals surface area contributed by atoms with Gasteiger partial charge in [0, 0.05) is 35.9 Å². The third-order valence-electron chi connectivity index (χ3n) is 4.72. The second-order valence-electron chi connectivity index (χ2n) is 6.36. The van der Waals surface area contributed by atoms with Gasteiger partial charge in [-0.1, -0.05) is 29.8 Å². The zero-order valence-electron chi connectivity index (χ0n) is 13.6. The second kappa shape index (κ2) is 6.41. The lowest BCUT2D eigenvalue weighted by atomic mass is 10.2. The van der Waals surface area contributed by atoms with E-state index in [9.17, 15) is 9.59 Å². The molecule has 0 aliphatic carbocycles. The molecule has 1 N–H and O–H groups in total. The van der Waals surface area contributed by atoms with E-state index in [1.807, 2.05) is 36.4 Å². The van der Waals surface area contributed by atoms with Gasteiger partial charge in [0.25, 0.3) is 0 Å². The predicted octanol–water partition coefficient (Wildman–Crippen LogP) is 3.22. The summed E-state index contributed by atoms with van der Waals surface area (Å²) in [6, 6.07) is 14.8. The first kappa shape index (κ1) is 16.0. The van der Waals surface area contributed by atoms with Gasteiger partial charge in [0.2, 0.25) is 5.91 Å². The molecule has 0 unspecified atom stereocenters. The van der Waals surface area contributed by atoms with Crippen molar-refractivity contribution in [3.63, 3.8) is 0 Å². The topological polar surface area (TPSA) is 52.7 Å². The van der Waals surface area contributed by atoms with E-state index >= 15 is 0 Å². The average Bonchev–Trinajstić information content (AvgIpc) is 3.19. The summed E-state index contributed by atoms with van der Waals surface area (Å²) < 4.78 is 0. The summed E-state index contributed by atoms with van der Waals surface area (Å²) in [5.74, 6) is 0.00874. The Morgan fingerprint density at radius 1 is 1.12 bits per heavy atom. The predicted molar refractivity (Wildman–Crippen MR) is 98.2 cm³/mol. The Morgan fingerprint density at radius 3 is 2.68 bits per heavy atom. The van der Waals surface area contributed by atoms with Gasteiger partial charge in [-0.05, 0) is 42.3 Å². The van der Waals surface area contributed by atoms with Gasteiger partial charge in [-0.25, -0.2) is 4.79 Å². The Hall–Kier alpha value is -2.53. The van der Waals surface area contributed by atoms with E-state index < -0.39 is 0 Å². The molecule has 1 fully saturated rings. The number of carbonyl (C=O) groups is 2. The number of hydrogen-bond acceptors (Lipinski definition) is 2. The van der Waals surface area contributed by atoms with E-state index in [4.69, 9.17) is 11.6 Å². The van der Waals surface area contributed by atoms with Gasteiger partial charge < -0.3 is 10.2 Å². The Morgan fingerprint density at radius 2 is 1.88 bits per heavy atom. The van der Waals surface area contributed by atoms with Gasteiger partial charge in [0.1, 0.15) is 0 Å². The van der Waals surface area contributed by atoms with Crippen LogP contribution in [0.2, 0.25) is 5.02 Å². The largest absolute Gasteiger partial charge is 0.333 e. The molecule has 0 bridgehead atoms. The Labute approximate surface area is 151 Å². The molecular formula is C19H18ClN3O2. The molecule has 2 aliphatic rings. The quantitative estimate of drug-likeness (QED) is 0.899. The summed E-state index contributed by atoms with van der Waals surface area (Å²) in [5, 5.41) is 3.63. The summed E-state index contributed by atoms with van der Waals surface area (Å²) in [6.45, 7) is 1.15. The molecule has 4 rings (SSSR count). The maximum Gasteiger partial charge on any atom is 0.322 e. The number of nitrogens with zero attached hydrogens (tertiary/aromatic N) is 2. The normalized spacial score (nSPS) is 19.2. The van der Waals surface area contributed by atoms with Crippen molar-refractivity contribution in [2.45, 2.75) is 18.9 Å². The highest BCUT2D eigenvalue weighted by atomic mass is 35.5. The Bertz CT molecular complexity index is 822. The summed E-state index contributed by atoms with van der Waals surface area (Å²) in [6.07, 6.45) is 1.17. The maximum absolute atomic E-state index is 12.6. The van der Waals surface area contributed by atoms with Crippen LogP contribution in [-0.4, -0.2) is 31.1 Å². The van der Waals surface area contributed by atoms with E-state index in [0.717, 1.165) is 17.8 Å². The summed E-state index contributed by atoms with van der Waals surface area (Å²) >= 11 is 5.90. The first-order chi connectivity index (χ1) is 12.1. The van der Waals surface area contributed by atoms with Gasteiger partial charge in [0.05, 0.1) is 6.04 Å². The van der Waals surface area contributed by atoms with Crippen LogP contribution in [0.1, 0.15) is 12.0 Å². The van der Waals surface area contributed by atoms with Crippen LogP contribution < -0.4 is 15.1 Å². The minimum atomic E-state index is -0.191. The molecule has 2 aliphatic heterocycles. The van der Waals surface area contributed by atoms with Gasteiger partial charge in [0.15, 0.2) is 0 Å². The van der Waals surface area contributed by atoms with E-state index in [-0.39, 0.29) is 18.0 Å². The zero-order valence-corrected chi connectivity index (χ0v) is 14.4. The molecule has 3 amide bonds. The number of fused-ring (bicyclic) bond motifs is 1. The van der Waals surface area contributed by atoms with E-state index in [1.54, 1.807) is 21.9 Å². The van der Waals surface area contributed by atoms with Crippen LogP contribution in [0, 0.1) is 0 Å². The number of anilines is 2. The van der Waals surface area contributed by atoms with Crippen molar-refractivity contribution in [3.8, 4) is 0 Å². The molecule has 1 saturated heterocycles. The maximum atomic E-state index is 12.6. The third kappa shape index (κ3) is 3.07. The molecule has 0 spiro atoms. The Balaban J connectivity index is 1.43. The van der Waals surface area contributed by atoms with Crippen LogP contribution in [0.15, 0.2) is 48.5 Å². The number of amides is 3. The van der Waals surface area contributed by atoms with Crippen molar-refractivity contribution < 1.29 is 9.59 Å². The standard InChI is InChI=1S/C19H18ClN3O2/c20-14-5-7-16(8-6-14)23-12-15(11-18(23)24)21-19(25)22-10-9-13-3-1-2-4-17(13)22/h1-8,15H,9-12H2,(H,21,25)/t15-/m0/s1. The smallest absolute Gasteiger partial charge is 0.322 e. The first-order valence-corrected chi connectivity index (χ1v) is 8.71. The molecule has 1 atom stereocenters. The Kier molecular flexibility index (Phi) is 4.09. The monoisotopic (exact) mass is 355 g/mol. The van der Waals surface area contributed by atoms with Crippen LogP contribution >= 0.6 is 11.6 Å². The minimum absolute atomic E-state index is 0.00874. The van der Waals surface area contributed by atoms with Crippen molar-refractivity contribution in [1.82, 2.24) is 5.32 Å². The number of halogens is 1. The number of benzene rings is 2. The molecule has 5 nitrogen and oxygen atoms in total. The van der Waals surface area contributed by atoms with E-state index in [2.05, 4.69) is 5.32 Å². The number of hydrogen-bond donors (Lipinski definition) is 1. The van der Waals surface area contributed by atoms with E-state index in [0.29, 0.717) is 24.5 Å². The van der Waals surface area contributed by atoms with Crippen LogP contribution in [-0.2, 0) is 11.2 Å². The van der Waals surface area contributed by atoms with Crippen LogP contribution in [0.5, 0.6) is 0 Å². The summed E-state index contributed by atoms with van der Waals surface area (Å²) in [4.78, 5) is 28.4. The number of para-hydroxylation sites is 1. The number of carbonyl (C=O) groups excluding carboxylic acids is 2. The fraction of sp³-hybridized carbons (Fsp3) is 0.263. The van der Waals surface area contributed by atoms with Crippen molar-refractivity contribution in [1.29, 1.82) is 0 Å². The van der Waals surface area contributed by atoms with Crippen molar-refractivity contribution in [2.24, 2.45) is 0 Å². The lowest BCUT2D eigenvalue weighted by molar-refractivity contribution is -0.117. The highest BCUT2D eigenvalue weighted by Gasteiger charge is 2.33. The second-order valence-corrected chi connectivity index (χ2v) is 6.80. The zero-order chi connectivity index (χ0) is 17.4. The lowest BCUT2D eigenvalue weighted by Gasteiger charge is -2.21. The molecule has 128 valence electrons. The molecule has 2 heterocycles. The van der Waals surface area contributed by atoms with Gasteiger partial charge in [-0.15, -0.1) is 0 Å². The fourth-order valence-corrected chi connectivity index (χ4v) is 3.60. The van der Waals surface area contributed by atoms with Crippen LogP contribution in [0.3, 0.4) is 0 Å². The fourth-order valence-electron chi connectivity index (χ4n) is 3.48. The first-order valence-electron chi connectivity index (χ1n) is 8.34. The highest BCUT2D eigenvalue weighted by Crippen LogP contribution is 2.28. The number of nitrogens with one attached hydrogen (secondary N) is 1. The third-order valence-corrected chi connectivity index (χ3v) is 4.98. The molecule has 2 aromatic carbocycles. The molecule has 0 aromatic heterocycles. The minimum Gasteiger partial charge on any atom is -0.333 e. The SMILES string of the molecule is O=C1C[C@H](NC(=O)N2CCc3ccccc32)CN1c1ccc(Cl)cc1. The molecular weight excluding hydrogens is 338 g/mol. The number of urea groups is 1. The number of rotatable bonds is 2. The highest BCUT2D eigenvalue weighted by molar-refractivity contribution is 6.30. The molecule has 6 heteroatoms. The average molecular weight is 356 g/mol. The van der Waals surface area contributed by atoms with Crippen molar-refractivity contribution >= 4 is 34.9 Å². The summed E-state index contributed by atoms with van der Waals surface area (Å²) in [7, 11) is 0. The van der Waals surface area contributed by atoms with Crippen molar-refractivity contribution in [2.75, 3.05) is 22.9 Å². The van der Waals surface area contributed by atoms with Gasteiger partial charge >= 0.3 is 6.03 Å². The van der Waals surface area contributed by atoms with Gasteiger partial charge in [-0.3, -0.25) is 9.69 Å². The molecule has 2 aromatic rings. The van der Waals surface area contributed by atoms with Crippen molar-refractivity contribution in [3.05, 3.63) is 59.1 Å². The molecule has 0 radical (unpaired) electrons.